The molecule has 6 nitrogen and oxygen atoms in total. The molecule has 176 valence electrons. The van der Waals surface area contributed by atoms with Crippen LogP contribution >= 0.6 is 0 Å². The third-order valence-electron chi connectivity index (χ3n) is 6.77. The first-order valence-electron chi connectivity index (χ1n) is 12.3. The Kier molecular flexibility index (Phi) is 6.90. The highest BCUT2D eigenvalue weighted by Gasteiger charge is 2.23. The van der Waals surface area contributed by atoms with E-state index in [9.17, 15) is 0 Å². The van der Waals surface area contributed by atoms with Gasteiger partial charge in [0.25, 0.3) is 0 Å². The summed E-state index contributed by atoms with van der Waals surface area (Å²) in [5, 5.41) is 10.6. The summed E-state index contributed by atoms with van der Waals surface area (Å²) < 4.78 is 2.43. The molecule has 34 heavy (non-hydrogen) atoms. The lowest BCUT2D eigenvalue weighted by Gasteiger charge is -2.27. The van der Waals surface area contributed by atoms with Gasteiger partial charge in [-0.3, -0.25) is 4.90 Å². The van der Waals surface area contributed by atoms with Crippen molar-refractivity contribution >= 4 is 33.1 Å². The van der Waals surface area contributed by atoms with Crippen molar-refractivity contribution in [1.29, 1.82) is 0 Å². The molecule has 0 atom stereocenters. The monoisotopic (exact) mass is 455 g/mol. The van der Waals surface area contributed by atoms with E-state index < -0.39 is 0 Å². The fraction of sp³-hybridized carbons (Fsp3) is 0.321. The molecule has 3 aromatic carbocycles. The van der Waals surface area contributed by atoms with Crippen molar-refractivity contribution in [1.82, 2.24) is 15.5 Å². The van der Waals surface area contributed by atoms with Crippen LogP contribution in [0, 0.1) is 0 Å². The van der Waals surface area contributed by atoms with Crippen LogP contribution in [-0.2, 0) is 6.54 Å². The summed E-state index contributed by atoms with van der Waals surface area (Å²) in [6.45, 7) is 8.50. The third-order valence-corrected chi connectivity index (χ3v) is 6.77. The van der Waals surface area contributed by atoms with E-state index in [1.165, 1.54) is 27.4 Å². The Morgan fingerprint density at radius 1 is 0.824 bits per heavy atom. The van der Waals surface area contributed by atoms with Crippen molar-refractivity contribution in [2.24, 2.45) is 0 Å². The van der Waals surface area contributed by atoms with E-state index in [0.29, 0.717) is 0 Å². The number of anilines is 2. The van der Waals surface area contributed by atoms with E-state index in [2.05, 4.69) is 74.7 Å². The number of hydrogen-bond donors (Lipinski definition) is 4. The molecule has 5 rings (SSSR count). The molecule has 1 aliphatic rings. The number of nitrogens with two attached hydrogens (primary N) is 2. The molecule has 1 fully saturated rings. The predicted octanol–water partition coefficient (Wildman–Crippen LogP) is 3.00. The fourth-order valence-corrected chi connectivity index (χ4v) is 5.06. The van der Waals surface area contributed by atoms with E-state index in [1.54, 1.807) is 0 Å². The van der Waals surface area contributed by atoms with Crippen LogP contribution in [0.2, 0.25) is 0 Å². The first kappa shape index (κ1) is 22.6. The van der Waals surface area contributed by atoms with Gasteiger partial charge in [0.1, 0.15) is 0 Å². The van der Waals surface area contributed by atoms with Crippen LogP contribution in [0.5, 0.6) is 0 Å². The van der Waals surface area contributed by atoms with Gasteiger partial charge in [-0.1, -0.05) is 24.3 Å². The van der Waals surface area contributed by atoms with Crippen molar-refractivity contribution in [2.75, 3.05) is 57.3 Å². The summed E-state index contributed by atoms with van der Waals surface area (Å²) in [5.74, 6) is 0. The van der Waals surface area contributed by atoms with E-state index in [4.69, 9.17) is 11.5 Å². The van der Waals surface area contributed by atoms with Gasteiger partial charge < -0.3 is 22.1 Å². The number of benzene rings is 3. The molecule has 0 amide bonds. The number of piperazine rings is 1. The minimum absolute atomic E-state index is 0.778. The fourth-order valence-electron chi connectivity index (χ4n) is 5.06. The van der Waals surface area contributed by atoms with Crippen LogP contribution in [-0.4, -0.2) is 50.7 Å². The van der Waals surface area contributed by atoms with E-state index >= 15 is 0 Å². The lowest BCUT2D eigenvalue weighted by molar-refractivity contribution is -0.659. The highest BCUT2D eigenvalue weighted by atomic mass is 15.2. The predicted molar refractivity (Wildman–Crippen MR) is 143 cm³/mol. The molecule has 1 saturated heterocycles. The topological polar surface area (TPSA) is 83.2 Å². The van der Waals surface area contributed by atoms with Crippen molar-refractivity contribution in [3.8, 4) is 11.3 Å². The second-order valence-electron chi connectivity index (χ2n) is 9.14. The number of nitrogen functional groups attached to an aromatic ring is 2. The molecule has 0 unspecified atom stereocenters. The molecule has 0 bridgehead atoms. The van der Waals surface area contributed by atoms with Crippen LogP contribution in [0.15, 0.2) is 66.7 Å². The van der Waals surface area contributed by atoms with Crippen molar-refractivity contribution < 1.29 is 4.57 Å². The minimum Gasteiger partial charge on any atom is -0.399 e. The molecule has 1 aromatic heterocycles. The van der Waals surface area contributed by atoms with Crippen molar-refractivity contribution in [3.05, 3.63) is 66.7 Å². The number of fused-ring (bicyclic) bond motifs is 3. The quantitative estimate of drug-likeness (QED) is 0.142. The molecule has 2 heterocycles. The number of aromatic nitrogens is 1. The van der Waals surface area contributed by atoms with E-state index in [-0.39, 0.29) is 0 Å². The Morgan fingerprint density at radius 2 is 1.56 bits per heavy atom. The molecule has 6 heteroatoms. The maximum Gasteiger partial charge on any atom is 0.220 e. The van der Waals surface area contributed by atoms with Gasteiger partial charge in [-0.15, -0.1) is 0 Å². The first-order valence-corrected chi connectivity index (χ1v) is 12.3. The molecular formula is C28H35N6+. The number of nitrogens with one attached hydrogen (secondary N) is 2. The second kappa shape index (κ2) is 10.4. The summed E-state index contributed by atoms with van der Waals surface area (Å²) in [6.07, 6.45) is 1.03. The van der Waals surface area contributed by atoms with Gasteiger partial charge in [0.2, 0.25) is 11.2 Å². The second-order valence-corrected chi connectivity index (χ2v) is 9.14. The van der Waals surface area contributed by atoms with Crippen LogP contribution < -0.4 is 26.7 Å². The first-order chi connectivity index (χ1) is 16.7. The molecule has 6 N–H and O–H groups in total. The Morgan fingerprint density at radius 3 is 2.35 bits per heavy atom. The maximum absolute atomic E-state index is 6.26. The number of rotatable bonds is 8. The average molecular weight is 456 g/mol. The average Bonchev–Trinajstić information content (AvgIpc) is 2.87. The summed E-state index contributed by atoms with van der Waals surface area (Å²) in [6, 6.07) is 23.1. The van der Waals surface area contributed by atoms with Crippen LogP contribution in [0.25, 0.3) is 32.9 Å². The van der Waals surface area contributed by atoms with Gasteiger partial charge in [-0.25, -0.2) is 0 Å². The summed E-state index contributed by atoms with van der Waals surface area (Å²) in [5.41, 5.74) is 17.6. The van der Waals surface area contributed by atoms with Gasteiger partial charge in [0, 0.05) is 80.6 Å². The number of pyridine rings is 1. The van der Waals surface area contributed by atoms with Gasteiger partial charge in [0.05, 0.1) is 10.8 Å². The molecular weight excluding hydrogens is 420 g/mol. The molecule has 1 aliphatic heterocycles. The largest absolute Gasteiger partial charge is 0.399 e. The van der Waals surface area contributed by atoms with Crippen LogP contribution in [0.3, 0.4) is 0 Å². The molecule has 0 radical (unpaired) electrons. The molecule has 0 spiro atoms. The van der Waals surface area contributed by atoms with Gasteiger partial charge in [-0.2, -0.15) is 4.57 Å². The van der Waals surface area contributed by atoms with E-state index in [0.717, 1.165) is 75.7 Å². The summed E-state index contributed by atoms with van der Waals surface area (Å²) >= 11 is 0. The molecule has 0 aliphatic carbocycles. The van der Waals surface area contributed by atoms with Gasteiger partial charge >= 0.3 is 0 Å². The summed E-state index contributed by atoms with van der Waals surface area (Å²) in [7, 11) is 0. The Balaban J connectivity index is 1.45. The highest BCUT2D eigenvalue weighted by molar-refractivity contribution is 6.10. The maximum atomic E-state index is 6.26. The smallest absolute Gasteiger partial charge is 0.220 e. The zero-order valence-corrected chi connectivity index (χ0v) is 19.8. The lowest BCUT2D eigenvalue weighted by atomic mass is 9.98. The summed E-state index contributed by atoms with van der Waals surface area (Å²) in [4.78, 5) is 2.52. The third kappa shape index (κ3) is 4.85. The number of hydrogen-bond acceptors (Lipinski definition) is 5. The van der Waals surface area contributed by atoms with Crippen LogP contribution in [0.4, 0.5) is 11.4 Å². The number of aryl methyl sites for hydroxylation is 1. The lowest BCUT2D eigenvalue weighted by Crippen LogP contribution is -2.46. The zero-order chi connectivity index (χ0) is 23.3. The van der Waals surface area contributed by atoms with Gasteiger partial charge in [-0.05, 0) is 36.4 Å². The van der Waals surface area contributed by atoms with E-state index in [1.807, 2.05) is 12.1 Å². The molecule has 4 aromatic rings. The Labute approximate surface area is 201 Å². The standard InChI is InChI=1S/C28H34N6/c29-22-7-9-24-25-10-8-23(30)20-27(25)34(28(26(24)19-22)21-5-2-1-3-6-21)15-4-11-31-12-16-33-17-13-32-14-18-33/h1-3,5-10,19-20,30-32H,4,11-18,29H2/p+1. The van der Waals surface area contributed by atoms with Gasteiger partial charge in [0.15, 0.2) is 6.54 Å². The normalized spacial score (nSPS) is 14.7. The van der Waals surface area contributed by atoms with Crippen molar-refractivity contribution in [3.63, 3.8) is 0 Å². The Hall–Kier alpha value is -3.19. The Bertz CT molecular complexity index is 1260. The number of nitrogens with zero attached hydrogens (tertiary/aromatic N) is 2. The minimum atomic E-state index is 0.778. The van der Waals surface area contributed by atoms with Crippen LogP contribution in [0.1, 0.15) is 6.42 Å². The molecule has 0 saturated carbocycles. The SMILES string of the molecule is Nc1ccc2c(c1)c(-c1ccccc1)[n+](CCCNCCN1CCNCC1)c1cc(N)ccc21. The highest BCUT2D eigenvalue weighted by Crippen LogP contribution is 2.33. The van der Waals surface area contributed by atoms with Crippen molar-refractivity contribution in [2.45, 2.75) is 13.0 Å². The zero-order valence-electron chi connectivity index (χ0n) is 19.8.